The largest absolute Gasteiger partial charge is 0.494 e. The number of benzene rings is 1. The number of aromatic nitrogens is 2. The van der Waals surface area contributed by atoms with Crippen LogP contribution in [0.15, 0.2) is 42.3 Å². The van der Waals surface area contributed by atoms with Crippen LogP contribution < -0.4 is 16.2 Å². The standard InChI is InChI=1S/C23H27BN2O2/c1-15(11-21-16(2)25-14-26-21)17-7-8-19-13-20(10-9-18(19)12-17)24-27-22(3,4)23(5,6)28-24/h9-14H,1-2,7-8H2,3-6H3,(H,25,26)/b21-11+. The van der Waals surface area contributed by atoms with Gasteiger partial charge in [-0.15, -0.1) is 0 Å². The van der Waals surface area contributed by atoms with Crippen molar-refractivity contribution >= 4 is 31.3 Å². The van der Waals surface area contributed by atoms with Crippen molar-refractivity contribution in [1.82, 2.24) is 9.97 Å². The van der Waals surface area contributed by atoms with Crippen LogP contribution in [0.5, 0.6) is 0 Å². The fourth-order valence-electron chi connectivity index (χ4n) is 3.60. The van der Waals surface area contributed by atoms with E-state index in [0.717, 1.165) is 34.6 Å². The second kappa shape index (κ2) is 6.61. The molecule has 0 atom stereocenters. The van der Waals surface area contributed by atoms with Gasteiger partial charge in [-0.25, -0.2) is 4.98 Å². The Balaban J connectivity index is 1.59. The summed E-state index contributed by atoms with van der Waals surface area (Å²) in [7, 11) is -0.320. The Morgan fingerprint density at radius 3 is 2.54 bits per heavy atom. The summed E-state index contributed by atoms with van der Waals surface area (Å²) in [5.74, 6) is 0. The van der Waals surface area contributed by atoms with Gasteiger partial charge >= 0.3 is 7.12 Å². The predicted octanol–water partition coefficient (Wildman–Crippen LogP) is 2.49. The van der Waals surface area contributed by atoms with Gasteiger partial charge in [-0.3, -0.25) is 0 Å². The average molecular weight is 374 g/mol. The molecule has 1 aromatic heterocycles. The predicted molar refractivity (Wildman–Crippen MR) is 115 cm³/mol. The number of hydrogen-bond donors (Lipinski definition) is 1. The Hall–Kier alpha value is -2.37. The van der Waals surface area contributed by atoms with Gasteiger partial charge < -0.3 is 14.3 Å². The number of fused-ring (bicyclic) bond motifs is 1. The molecule has 1 saturated heterocycles. The zero-order valence-electron chi connectivity index (χ0n) is 17.1. The van der Waals surface area contributed by atoms with Crippen molar-refractivity contribution in [1.29, 1.82) is 0 Å². The van der Waals surface area contributed by atoms with Crippen molar-refractivity contribution < 1.29 is 9.31 Å². The fraction of sp³-hybridized carbons (Fsp3) is 0.348. The Kier molecular flexibility index (Phi) is 4.48. The van der Waals surface area contributed by atoms with Crippen LogP contribution in [0.3, 0.4) is 0 Å². The summed E-state index contributed by atoms with van der Waals surface area (Å²) in [4.78, 5) is 7.28. The number of aromatic amines is 1. The number of H-pyrrole nitrogens is 1. The lowest BCUT2D eigenvalue weighted by Gasteiger charge is -2.32. The van der Waals surface area contributed by atoms with E-state index >= 15 is 0 Å². The van der Waals surface area contributed by atoms with Gasteiger partial charge in [-0.2, -0.15) is 0 Å². The summed E-state index contributed by atoms with van der Waals surface area (Å²) in [5, 5.41) is 1.65. The number of nitrogens with one attached hydrogen (secondary N) is 1. The lowest BCUT2D eigenvalue weighted by Crippen LogP contribution is -2.41. The van der Waals surface area contributed by atoms with Crippen molar-refractivity contribution in [2.24, 2.45) is 0 Å². The molecule has 2 aromatic rings. The molecule has 0 radical (unpaired) electrons. The number of nitrogens with zero attached hydrogens (tertiary/aromatic N) is 1. The third kappa shape index (κ3) is 3.29. The van der Waals surface area contributed by atoms with Crippen LogP contribution in [0.1, 0.15) is 45.2 Å². The molecule has 144 valence electrons. The summed E-state index contributed by atoms with van der Waals surface area (Å²) in [5.41, 5.74) is 5.20. The van der Waals surface area contributed by atoms with Gasteiger partial charge in [0.15, 0.2) is 0 Å². The van der Waals surface area contributed by atoms with Crippen LogP contribution in [0.2, 0.25) is 0 Å². The smallest absolute Gasteiger partial charge is 0.399 e. The van der Waals surface area contributed by atoms with Gasteiger partial charge in [-0.05, 0) is 74.3 Å². The van der Waals surface area contributed by atoms with E-state index in [9.17, 15) is 0 Å². The first kappa shape index (κ1) is 19.0. The number of imidazole rings is 1. The van der Waals surface area contributed by atoms with E-state index in [-0.39, 0.29) is 18.3 Å². The third-order valence-corrected chi connectivity index (χ3v) is 6.16. The summed E-state index contributed by atoms with van der Waals surface area (Å²) in [6, 6.07) is 6.48. The van der Waals surface area contributed by atoms with E-state index in [4.69, 9.17) is 9.31 Å². The molecular weight excluding hydrogens is 347 g/mol. The van der Waals surface area contributed by atoms with Gasteiger partial charge in [-0.1, -0.05) is 37.4 Å². The molecule has 0 spiro atoms. The molecule has 28 heavy (non-hydrogen) atoms. The van der Waals surface area contributed by atoms with Crippen molar-refractivity contribution in [2.75, 3.05) is 0 Å². The minimum atomic E-state index is -0.326. The number of aryl methyl sites for hydroxylation is 1. The van der Waals surface area contributed by atoms with Crippen LogP contribution in [0, 0.1) is 0 Å². The maximum absolute atomic E-state index is 6.20. The molecule has 0 saturated carbocycles. The average Bonchev–Trinajstić information content (AvgIpc) is 3.13. The molecule has 1 fully saturated rings. The number of allylic oxidation sites excluding steroid dienone is 2. The monoisotopic (exact) mass is 374 g/mol. The summed E-state index contributed by atoms with van der Waals surface area (Å²) in [6.07, 6.45) is 7.80. The molecule has 2 aliphatic rings. The van der Waals surface area contributed by atoms with Crippen molar-refractivity contribution in [3.05, 3.63) is 64.1 Å². The second-order valence-corrected chi connectivity index (χ2v) is 8.65. The molecule has 5 heteroatoms. The number of rotatable bonds is 3. The van der Waals surface area contributed by atoms with Crippen LogP contribution >= 0.6 is 0 Å². The van der Waals surface area contributed by atoms with E-state index in [1.54, 1.807) is 6.33 Å². The maximum atomic E-state index is 6.20. The maximum Gasteiger partial charge on any atom is 0.494 e. The summed E-state index contributed by atoms with van der Waals surface area (Å²) < 4.78 is 12.4. The zero-order chi connectivity index (χ0) is 20.1. The van der Waals surface area contributed by atoms with E-state index in [1.165, 1.54) is 16.7 Å². The highest BCUT2D eigenvalue weighted by molar-refractivity contribution is 6.62. The highest BCUT2D eigenvalue weighted by atomic mass is 16.7. The van der Waals surface area contributed by atoms with Crippen LogP contribution in [-0.4, -0.2) is 28.3 Å². The molecule has 0 bridgehead atoms. The SMILES string of the molecule is C=C(/C=c1/nc[nH]c1=C)C1=Cc2ccc(B3OC(C)(C)C(C)(C)O3)cc2CC1. The van der Waals surface area contributed by atoms with Crippen LogP contribution in [0.4, 0.5) is 0 Å². The molecular formula is C23H27BN2O2. The highest BCUT2D eigenvalue weighted by Crippen LogP contribution is 2.37. The molecule has 2 heterocycles. The fourth-order valence-corrected chi connectivity index (χ4v) is 3.60. The van der Waals surface area contributed by atoms with Gasteiger partial charge in [0.2, 0.25) is 0 Å². The van der Waals surface area contributed by atoms with E-state index in [0.29, 0.717) is 0 Å². The first-order valence-electron chi connectivity index (χ1n) is 9.75. The third-order valence-electron chi connectivity index (χ3n) is 6.16. The first-order chi connectivity index (χ1) is 13.2. The second-order valence-electron chi connectivity index (χ2n) is 8.65. The molecule has 0 unspecified atom stereocenters. The van der Waals surface area contributed by atoms with E-state index in [1.807, 2.05) is 6.08 Å². The Morgan fingerprint density at radius 2 is 1.89 bits per heavy atom. The lowest BCUT2D eigenvalue weighted by molar-refractivity contribution is 0.00578. The van der Waals surface area contributed by atoms with Crippen LogP contribution in [-0.2, 0) is 15.7 Å². The van der Waals surface area contributed by atoms with Crippen molar-refractivity contribution in [2.45, 2.75) is 51.7 Å². The van der Waals surface area contributed by atoms with Gasteiger partial charge in [0, 0.05) is 0 Å². The van der Waals surface area contributed by atoms with Gasteiger partial charge in [0.1, 0.15) is 0 Å². The minimum Gasteiger partial charge on any atom is -0.399 e. The van der Waals surface area contributed by atoms with Crippen molar-refractivity contribution in [3.8, 4) is 0 Å². The molecule has 0 amide bonds. The van der Waals surface area contributed by atoms with Gasteiger partial charge in [0.05, 0.1) is 28.2 Å². The Bertz CT molecular complexity index is 1060. The molecule has 1 N–H and O–H groups in total. The Labute approximate surface area is 166 Å². The number of hydrogen-bond acceptors (Lipinski definition) is 3. The Morgan fingerprint density at radius 1 is 1.18 bits per heavy atom. The van der Waals surface area contributed by atoms with E-state index in [2.05, 4.69) is 75.1 Å². The summed E-state index contributed by atoms with van der Waals surface area (Å²) >= 11 is 0. The molecule has 1 aromatic carbocycles. The van der Waals surface area contributed by atoms with E-state index < -0.39 is 0 Å². The normalized spacial score (nSPS) is 20.8. The minimum absolute atomic E-state index is 0.320. The van der Waals surface area contributed by atoms with Gasteiger partial charge in [0.25, 0.3) is 0 Å². The highest BCUT2D eigenvalue weighted by Gasteiger charge is 2.51. The molecule has 4 rings (SSSR count). The van der Waals surface area contributed by atoms with Crippen LogP contribution in [0.25, 0.3) is 18.7 Å². The first-order valence-corrected chi connectivity index (χ1v) is 9.75. The van der Waals surface area contributed by atoms with Crippen molar-refractivity contribution in [3.63, 3.8) is 0 Å². The lowest BCUT2D eigenvalue weighted by atomic mass is 9.76. The topological polar surface area (TPSA) is 47.1 Å². The summed E-state index contributed by atoms with van der Waals surface area (Å²) in [6.45, 7) is 16.5. The zero-order valence-corrected chi connectivity index (χ0v) is 17.1. The molecule has 4 nitrogen and oxygen atoms in total. The molecule has 1 aliphatic carbocycles. The molecule has 1 aliphatic heterocycles. The quantitative estimate of drug-likeness (QED) is 0.840.